The summed E-state index contributed by atoms with van der Waals surface area (Å²) in [6.07, 6.45) is 2.85. The molecule has 220 valence electrons. The van der Waals surface area contributed by atoms with Crippen molar-refractivity contribution in [1.29, 1.82) is 0 Å². The number of nitrogens with one attached hydrogen (secondary N) is 1. The molecule has 0 saturated carbocycles. The Hall–Kier alpha value is -5.52. The van der Waals surface area contributed by atoms with Gasteiger partial charge in [-0.2, -0.15) is 0 Å². The molecule has 0 atom stereocenters. The second kappa shape index (κ2) is 11.8. The van der Waals surface area contributed by atoms with Crippen LogP contribution in [-0.2, 0) is 7.05 Å². The van der Waals surface area contributed by atoms with Gasteiger partial charge in [-0.1, -0.05) is 12.1 Å². The number of carbonyl (C=O) groups is 1. The molecule has 12 heteroatoms. The lowest BCUT2D eigenvalue weighted by molar-refractivity contribution is 0.102. The molecular formula is C31H26F2N4O6. The smallest absolute Gasteiger partial charge is 0.261 e. The highest BCUT2D eigenvalue weighted by Crippen LogP contribution is 2.38. The number of nitrogens with zero attached hydrogens (tertiary/aromatic N) is 3. The van der Waals surface area contributed by atoms with Crippen LogP contribution in [0.4, 0.5) is 14.5 Å². The summed E-state index contributed by atoms with van der Waals surface area (Å²) in [5.41, 5.74) is 1.18. The number of ether oxygens (including phenoxy) is 4. The van der Waals surface area contributed by atoms with Gasteiger partial charge in [-0.3, -0.25) is 14.6 Å². The lowest BCUT2D eigenvalue weighted by atomic mass is 10.0. The number of hydrogen-bond acceptors (Lipinski definition) is 8. The van der Waals surface area contributed by atoms with Gasteiger partial charge in [0.05, 0.1) is 32.5 Å². The zero-order valence-corrected chi connectivity index (χ0v) is 23.8. The highest BCUT2D eigenvalue weighted by atomic mass is 19.1. The fourth-order valence-electron chi connectivity index (χ4n) is 4.52. The number of halogens is 2. The largest absolute Gasteiger partial charge is 0.494 e. The van der Waals surface area contributed by atoms with E-state index in [9.17, 15) is 14.0 Å². The Morgan fingerprint density at radius 3 is 2.30 bits per heavy atom. The summed E-state index contributed by atoms with van der Waals surface area (Å²) in [6.45, 7) is 1.72. The summed E-state index contributed by atoms with van der Waals surface area (Å²) in [4.78, 5) is 35.4. The number of anilines is 1. The average Bonchev–Trinajstić information content (AvgIpc) is 3.00. The summed E-state index contributed by atoms with van der Waals surface area (Å²) < 4.78 is 52.3. The molecule has 0 bridgehead atoms. The number of aryl methyl sites for hydroxylation is 1. The van der Waals surface area contributed by atoms with E-state index in [4.69, 9.17) is 18.9 Å². The van der Waals surface area contributed by atoms with Crippen molar-refractivity contribution in [3.8, 4) is 40.0 Å². The Morgan fingerprint density at radius 2 is 1.63 bits per heavy atom. The van der Waals surface area contributed by atoms with Gasteiger partial charge < -0.3 is 28.8 Å². The van der Waals surface area contributed by atoms with Gasteiger partial charge in [0.25, 0.3) is 11.8 Å². The average molecular weight is 589 g/mol. The number of fused-ring (bicyclic) bond motifs is 1. The topological polar surface area (TPSA) is 114 Å². The minimum Gasteiger partial charge on any atom is -0.494 e. The van der Waals surface area contributed by atoms with E-state index in [-0.39, 0.29) is 39.9 Å². The SMILES string of the molecule is COc1cc(Oc2ccnc3cc(OC)c(OC)nc23)c(F)cc1NC(=O)c1cn(C)c(C)c(-c2ccc(F)cc2)c1=O. The van der Waals surface area contributed by atoms with Crippen molar-refractivity contribution in [2.75, 3.05) is 26.6 Å². The second-order valence-corrected chi connectivity index (χ2v) is 9.37. The maximum absolute atomic E-state index is 15.4. The van der Waals surface area contributed by atoms with Crippen molar-refractivity contribution in [2.45, 2.75) is 6.92 Å². The molecule has 0 saturated heterocycles. The summed E-state index contributed by atoms with van der Waals surface area (Å²) >= 11 is 0. The van der Waals surface area contributed by atoms with Crippen LogP contribution < -0.4 is 29.7 Å². The molecule has 1 amide bonds. The van der Waals surface area contributed by atoms with Crippen LogP contribution in [-0.4, -0.2) is 41.8 Å². The first kappa shape index (κ1) is 29.0. The third-order valence-corrected chi connectivity index (χ3v) is 6.81. The van der Waals surface area contributed by atoms with Gasteiger partial charge in [0.2, 0.25) is 5.43 Å². The van der Waals surface area contributed by atoms with E-state index in [0.29, 0.717) is 28.0 Å². The highest BCUT2D eigenvalue weighted by molar-refractivity contribution is 6.05. The Bertz CT molecular complexity index is 1930. The quantitative estimate of drug-likeness (QED) is 0.247. The first-order chi connectivity index (χ1) is 20.6. The van der Waals surface area contributed by atoms with E-state index < -0.39 is 23.0 Å². The molecule has 0 radical (unpaired) electrons. The van der Waals surface area contributed by atoms with Crippen LogP contribution in [0.1, 0.15) is 16.1 Å². The Labute approximate surface area is 244 Å². The molecule has 1 N–H and O–H groups in total. The van der Waals surface area contributed by atoms with Gasteiger partial charge in [-0.15, -0.1) is 0 Å². The van der Waals surface area contributed by atoms with Crippen molar-refractivity contribution < 1.29 is 32.5 Å². The maximum atomic E-state index is 15.4. The molecule has 3 aromatic heterocycles. The lowest BCUT2D eigenvalue weighted by Crippen LogP contribution is -2.25. The van der Waals surface area contributed by atoms with Gasteiger partial charge in [0.15, 0.2) is 23.1 Å². The molecule has 43 heavy (non-hydrogen) atoms. The predicted molar refractivity (Wildman–Crippen MR) is 155 cm³/mol. The van der Waals surface area contributed by atoms with E-state index in [1.807, 2.05) is 0 Å². The van der Waals surface area contributed by atoms with E-state index in [0.717, 1.165) is 6.07 Å². The van der Waals surface area contributed by atoms with Crippen LogP contribution in [0.25, 0.3) is 22.2 Å². The Morgan fingerprint density at radius 1 is 0.907 bits per heavy atom. The number of carbonyl (C=O) groups excluding carboxylic acids is 1. The van der Waals surface area contributed by atoms with E-state index in [2.05, 4.69) is 15.3 Å². The predicted octanol–water partition coefficient (Wildman–Crippen LogP) is 5.65. The first-order valence-electron chi connectivity index (χ1n) is 12.9. The maximum Gasteiger partial charge on any atom is 0.261 e. The van der Waals surface area contributed by atoms with Crippen LogP contribution in [0.5, 0.6) is 28.9 Å². The first-order valence-corrected chi connectivity index (χ1v) is 12.9. The normalized spacial score (nSPS) is 10.9. The van der Waals surface area contributed by atoms with Gasteiger partial charge in [0, 0.05) is 55.0 Å². The second-order valence-electron chi connectivity index (χ2n) is 9.37. The zero-order chi connectivity index (χ0) is 30.8. The standard InChI is InChI=1S/C31H26F2N4O6/c1-16-27(17-6-8-18(32)9-7-17)29(38)19(15-37(16)2)30(39)35-21-12-20(33)24(14-25(21)40-3)43-23-10-11-34-22-13-26(41-4)31(42-5)36-28(22)23/h6-15H,1-5H3,(H,35,39). The summed E-state index contributed by atoms with van der Waals surface area (Å²) in [5, 5.41) is 2.56. The van der Waals surface area contributed by atoms with Gasteiger partial charge >= 0.3 is 0 Å². The minimum absolute atomic E-state index is 0.0348. The molecule has 0 unspecified atom stereocenters. The number of amides is 1. The Kier molecular flexibility index (Phi) is 7.93. The number of methoxy groups -OCH3 is 3. The molecular weight excluding hydrogens is 562 g/mol. The van der Waals surface area contributed by atoms with E-state index in [1.165, 1.54) is 70.1 Å². The number of hydrogen-bond donors (Lipinski definition) is 1. The van der Waals surface area contributed by atoms with Crippen LogP contribution in [0, 0.1) is 18.6 Å². The molecule has 10 nitrogen and oxygen atoms in total. The molecule has 5 rings (SSSR count). The van der Waals surface area contributed by atoms with Gasteiger partial charge in [-0.05, 0) is 24.6 Å². The Balaban J connectivity index is 1.48. The third-order valence-electron chi connectivity index (χ3n) is 6.81. The van der Waals surface area contributed by atoms with Crippen LogP contribution in [0.2, 0.25) is 0 Å². The molecule has 0 aliphatic carbocycles. The van der Waals surface area contributed by atoms with E-state index >= 15 is 4.39 Å². The summed E-state index contributed by atoms with van der Waals surface area (Å²) in [7, 11) is 5.91. The van der Waals surface area contributed by atoms with Crippen molar-refractivity contribution in [3.05, 3.63) is 94.0 Å². The molecule has 2 aromatic carbocycles. The van der Waals surface area contributed by atoms with Gasteiger partial charge in [-0.25, -0.2) is 13.8 Å². The minimum atomic E-state index is -0.828. The molecule has 0 aliphatic rings. The van der Waals surface area contributed by atoms with Crippen LogP contribution in [0.15, 0.2) is 65.7 Å². The fourth-order valence-corrected chi connectivity index (χ4v) is 4.52. The number of rotatable bonds is 8. The number of pyridine rings is 3. The monoisotopic (exact) mass is 588 g/mol. The number of benzene rings is 2. The third kappa shape index (κ3) is 5.54. The van der Waals surface area contributed by atoms with Crippen molar-refractivity contribution >= 4 is 22.6 Å². The summed E-state index contributed by atoms with van der Waals surface area (Å²) in [6, 6.07) is 10.8. The van der Waals surface area contributed by atoms with Crippen molar-refractivity contribution in [1.82, 2.24) is 14.5 Å². The van der Waals surface area contributed by atoms with Crippen LogP contribution in [0.3, 0.4) is 0 Å². The summed E-state index contributed by atoms with van der Waals surface area (Å²) in [5.74, 6) is -1.50. The lowest BCUT2D eigenvalue weighted by Gasteiger charge is -2.16. The molecule has 5 aromatic rings. The van der Waals surface area contributed by atoms with Crippen molar-refractivity contribution in [2.24, 2.45) is 7.05 Å². The zero-order valence-electron chi connectivity index (χ0n) is 23.8. The molecule has 0 aliphatic heterocycles. The highest BCUT2D eigenvalue weighted by Gasteiger charge is 2.22. The number of aromatic nitrogens is 3. The molecule has 0 fully saturated rings. The van der Waals surface area contributed by atoms with E-state index in [1.54, 1.807) is 24.6 Å². The van der Waals surface area contributed by atoms with Gasteiger partial charge in [0.1, 0.15) is 22.6 Å². The van der Waals surface area contributed by atoms with Crippen molar-refractivity contribution in [3.63, 3.8) is 0 Å². The fraction of sp³-hybridized carbons (Fsp3) is 0.161. The molecule has 3 heterocycles. The van der Waals surface area contributed by atoms with Crippen LogP contribution >= 0.6 is 0 Å². The molecule has 0 spiro atoms.